The number of hydrogen-bond acceptors (Lipinski definition) is 5. The van der Waals surface area contributed by atoms with Gasteiger partial charge in [-0.1, -0.05) is 23.9 Å². The van der Waals surface area contributed by atoms with Crippen LogP contribution in [0.5, 0.6) is 0 Å². The SMILES string of the molecule is COCCOC(=O)C1=C(C)Nc2ccccc2S1. The molecule has 0 unspecified atom stereocenters. The van der Waals surface area contributed by atoms with E-state index in [4.69, 9.17) is 9.47 Å². The molecule has 0 amide bonds. The van der Waals surface area contributed by atoms with Gasteiger partial charge in [-0.3, -0.25) is 0 Å². The molecule has 0 fully saturated rings. The highest BCUT2D eigenvalue weighted by Gasteiger charge is 2.22. The van der Waals surface area contributed by atoms with Crippen LogP contribution in [0.3, 0.4) is 0 Å². The second-order valence-corrected chi connectivity index (χ2v) is 4.86. The average Bonchev–Trinajstić information content (AvgIpc) is 2.38. The highest BCUT2D eigenvalue weighted by atomic mass is 32.2. The second kappa shape index (κ2) is 5.93. The fraction of sp³-hybridized carbons (Fsp3) is 0.308. The Balaban J connectivity index is 2.08. The number of para-hydroxylation sites is 1. The van der Waals surface area contributed by atoms with Crippen LogP contribution in [0.1, 0.15) is 6.92 Å². The van der Waals surface area contributed by atoms with Crippen molar-refractivity contribution in [3.05, 3.63) is 34.9 Å². The third-order valence-corrected chi connectivity index (χ3v) is 3.72. The molecule has 4 nitrogen and oxygen atoms in total. The lowest BCUT2D eigenvalue weighted by Gasteiger charge is -2.20. The standard InChI is InChI=1S/C13H15NO3S/c1-9-12(13(15)17-8-7-16-2)18-11-6-4-3-5-10(11)14-9/h3-6,14H,7-8H2,1-2H3. The molecule has 0 bridgehead atoms. The summed E-state index contributed by atoms with van der Waals surface area (Å²) in [5.74, 6) is -0.309. The molecule has 0 atom stereocenters. The van der Waals surface area contributed by atoms with E-state index >= 15 is 0 Å². The van der Waals surface area contributed by atoms with Gasteiger partial charge in [-0.05, 0) is 19.1 Å². The molecule has 96 valence electrons. The van der Waals surface area contributed by atoms with Crippen LogP contribution in [0.15, 0.2) is 39.8 Å². The Labute approximate surface area is 110 Å². The number of methoxy groups -OCH3 is 1. The maximum absolute atomic E-state index is 11.9. The molecular weight excluding hydrogens is 250 g/mol. The number of esters is 1. The number of hydrogen-bond donors (Lipinski definition) is 1. The molecule has 2 rings (SSSR count). The molecule has 0 saturated carbocycles. The molecule has 0 aliphatic carbocycles. The van der Waals surface area contributed by atoms with Gasteiger partial charge in [0.2, 0.25) is 0 Å². The van der Waals surface area contributed by atoms with Gasteiger partial charge in [0.05, 0.1) is 12.3 Å². The number of carbonyl (C=O) groups excluding carboxylic acids is 1. The van der Waals surface area contributed by atoms with Gasteiger partial charge in [-0.15, -0.1) is 0 Å². The van der Waals surface area contributed by atoms with Gasteiger partial charge < -0.3 is 14.8 Å². The Hall–Kier alpha value is -1.46. The van der Waals surface area contributed by atoms with Crippen LogP contribution in [0, 0.1) is 0 Å². The monoisotopic (exact) mass is 265 g/mol. The number of nitrogens with one attached hydrogen (secondary N) is 1. The maximum Gasteiger partial charge on any atom is 0.346 e. The molecule has 0 saturated heterocycles. The van der Waals surface area contributed by atoms with Crippen molar-refractivity contribution in [2.24, 2.45) is 0 Å². The summed E-state index contributed by atoms with van der Waals surface area (Å²) in [6.45, 7) is 2.55. The number of allylic oxidation sites excluding steroid dienone is 1. The Morgan fingerprint density at radius 1 is 1.33 bits per heavy atom. The van der Waals surface area contributed by atoms with Crippen molar-refractivity contribution in [2.45, 2.75) is 11.8 Å². The van der Waals surface area contributed by atoms with Gasteiger partial charge in [0, 0.05) is 17.7 Å². The minimum atomic E-state index is -0.309. The van der Waals surface area contributed by atoms with Gasteiger partial charge in [-0.25, -0.2) is 4.79 Å². The van der Waals surface area contributed by atoms with Crippen LogP contribution < -0.4 is 5.32 Å². The molecule has 18 heavy (non-hydrogen) atoms. The third-order valence-electron chi connectivity index (χ3n) is 2.47. The molecule has 5 heteroatoms. The molecule has 0 aromatic heterocycles. The number of fused-ring (bicyclic) bond motifs is 1. The van der Waals surface area contributed by atoms with E-state index in [0.29, 0.717) is 11.5 Å². The molecule has 1 heterocycles. The van der Waals surface area contributed by atoms with E-state index in [2.05, 4.69) is 5.32 Å². The molecule has 0 spiro atoms. The van der Waals surface area contributed by atoms with E-state index in [0.717, 1.165) is 16.3 Å². The van der Waals surface area contributed by atoms with Crippen LogP contribution in [0.4, 0.5) is 5.69 Å². The Morgan fingerprint density at radius 3 is 2.89 bits per heavy atom. The topological polar surface area (TPSA) is 47.6 Å². The lowest BCUT2D eigenvalue weighted by molar-refractivity contribution is -0.139. The molecule has 1 aromatic carbocycles. The number of carbonyl (C=O) groups is 1. The van der Waals surface area contributed by atoms with E-state index < -0.39 is 0 Å². The summed E-state index contributed by atoms with van der Waals surface area (Å²) in [7, 11) is 1.57. The van der Waals surface area contributed by atoms with E-state index in [1.165, 1.54) is 11.8 Å². The van der Waals surface area contributed by atoms with Crippen molar-refractivity contribution in [3.63, 3.8) is 0 Å². The minimum absolute atomic E-state index is 0.272. The molecule has 0 radical (unpaired) electrons. The van der Waals surface area contributed by atoms with Gasteiger partial charge in [0.25, 0.3) is 0 Å². The van der Waals surface area contributed by atoms with Crippen molar-refractivity contribution in [2.75, 3.05) is 25.6 Å². The van der Waals surface area contributed by atoms with Crippen molar-refractivity contribution in [1.29, 1.82) is 0 Å². The summed E-state index contributed by atoms with van der Waals surface area (Å²) in [4.78, 5) is 13.5. The first kappa shape index (κ1) is 13.0. The third kappa shape index (κ3) is 2.86. The Morgan fingerprint density at radius 2 is 2.11 bits per heavy atom. The number of thioether (sulfide) groups is 1. The highest BCUT2D eigenvalue weighted by molar-refractivity contribution is 8.04. The maximum atomic E-state index is 11.9. The van der Waals surface area contributed by atoms with Crippen LogP contribution >= 0.6 is 11.8 Å². The molecule has 1 aromatic rings. The quantitative estimate of drug-likeness (QED) is 0.670. The summed E-state index contributed by atoms with van der Waals surface area (Å²) in [6.07, 6.45) is 0. The fourth-order valence-electron chi connectivity index (χ4n) is 1.58. The first-order chi connectivity index (χ1) is 8.72. The van der Waals surface area contributed by atoms with E-state index in [-0.39, 0.29) is 12.6 Å². The number of ether oxygens (including phenoxy) is 2. The Bertz CT molecular complexity index is 485. The largest absolute Gasteiger partial charge is 0.459 e. The van der Waals surface area contributed by atoms with Crippen molar-refractivity contribution in [1.82, 2.24) is 0 Å². The minimum Gasteiger partial charge on any atom is -0.459 e. The summed E-state index contributed by atoms with van der Waals surface area (Å²) < 4.78 is 9.97. The van der Waals surface area contributed by atoms with E-state index in [1.54, 1.807) is 7.11 Å². The van der Waals surface area contributed by atoms with E-state index in [1.807, 2.05) is 31.2 Å². The van der Waals surface area contributed by atoms with Crippen molar-refractivity contribution < 1.29 is 14.3 Å². The summed E-state index contributed by atoms with van der Waals surface area (Å²) in [6, 6.07) is 7.87. The summed E-state index contributed by atoms with van der Waals surface area (Å²) >= 11 is 1.43. The average molecular weight is 265 g/mol. The van der Waals surface area contributed by atoms with Crippen LogP contribution in [-0.2, 0) is 14.3 Å². The lowest BCUT2D eigenvalue weighted by atomic mass is 10.3. The highest BCUT2D eigenvalue weighted by Crippen LogP contribution is 2.39. The van der Waals surface area contributed by atoms with Crippen molar-refractivity contribution in [3.8, 4) is 0 Å². The molecule has 1 aliphatic rings. The predicted octanol–water partition coefficient (Wildman–Crippen LogP) is 2.63. The first-order valence-electron chi connectivity index (χ1n) is 5.63. The van der Waals surface area contributed by atoms with Crippen LogP contribution in [0.2, 0.25) is 0 Å². The predicted molar refractivity (Wildman–Crippen MR) is 71.5 cm³/mol. The van der Waals surface area contributed by atoms with Gasteiger partial charge >= 0.3 is 5.97 Å². The first-order valence-corrected chi connectivity index (χ1v) is 6.45. The number of benzene rings is 1. The summed E-state index contributed by atoms with van der Waals surface area (Å²) in [5.41, 5.74) is 1.84. The van der Waals surface area contributed by atoms with Crippen LogP contribution in [-0.4, -0.2) is 26.3 Å². The fourth-order valence-corrected chi connectivity index (χ4v) is 2.52. The Kier molecular flexibility index (Phi) is 4.28. The zero-order valence-electron chi connectivity index (χ0n) is 10.4. The normalized spacial score (nSPS) is 13.9. The zero-order chi connectivity index (χ0) is 13.0. The van der Waals surface area contributed by atoms with Crippen LogP contribution in [0.25, 0.3) is 0 Å². The summed E-state index contributed by atoms with van der Waals surface area (Å²) in [5, 5.41) is 3.21. The number of rotatable bonds is 4. The molecule has 1 N–H and O–H groups in total. The second-order valence-electron chi connectivity index (χ2n) is 3.81. The molecular formula is C13H15NO3S. The molecule has 1 aliphatic heterocycles. The van der Waals surface area contributed by atoms with Gasteiger partial charge in [0.1, 0.15) is 11.5 Å². The smallest absolute Gasteiger partial charge is 0.346 e. The van der Waals surface area contributed by atoms with Crippen molar-refractivity contribution >= 4 is 23.4 Å². The van der Waals surface area contributed by atoms with Gasteiger partial charge in [-0.2, -0.15) is 0 Å². The lowest BCUT2D eigenvalue weighted by Crippen LogP contribution is -2.16. The van der Waals surface area contributed by atoms with E-state index in [9.17, 15) is 4.79 Å². The number of anilines is 1. The zero-order valence-corrected chi connectivity index (χ0v) is 11.2. The van der Waals surface area contributed by atoms with Gasteiger partial charge in [0.15, 0.2) is 0 Å².